The lowest BCUT2D eigenvalue weighted by molar-refractivity contribution is -0.139. The lowest BCUT2D eigenvalue weighted by Crippen LogP contribution is -2.45. The van der Waals surface area contributed by atoms with Crippen LogP contribution in [0.25, 0.3) is 10.8 Å². The Labute approximate surface area is 185 Å². The third-order valence-corrected chi connectivity index (χ3v) is 5.29. The number of carbonyl (C=O) groups is 2. The van der Waals surface area contributed by atoms with Crippen molar-refractivity contribution in [1.82, 2.24) is 10.6 Å². The largest absolute Gasteiger partial charge is 0.489 e. The summed E-state index contributed by atoms with van der Waals surface area (Å²) in [4.78, 5) is 25.2. The number of carbonyl (C=O) groups excluding carboxylic acids is 2. The van der Waals surface area contributed by atoms with E-state index in [1.807, 2.05) is 36.4 Å². The molecule has 0 spiro atoms. The van der Waals surface area contributed by atoms with Gasteiger partial charge in [0, 0.05) is 11.3 Å². The smallest absolute Gasteiger partial charge is 0.338 e. The minimum Gasteiger partial charge on any atom is -0.489 e. The molecular formula is C25H23FN2O4. The number of halogens is 1. The van der Waals surface area contributed by atoms with Gasteiger partial charge in [-0.15, -0.1) is 0 Å². The molecule has 0 saturated heterocycles. The van der Waals surface area contributed by atoms with Crippen LogP contribution in [0.1, 0.15) is 31.0 Å². The molecule has 32 heavy (non-hydrogen) atoms. The summed E-state index contributed by atoms with van der Waals surface area (Å²) in [5.74, 6) is -0.327. The number of fused-ring (bicyclic) bond motifs is 1. The number of rotatable bonds is 6. The van der Waals surface area contributed by atoms with E-state index in [0.29, 0.717) is 22.6 Å². The number of urea groups is 1. The first-order valence-electron chi connectivity index (χ1n) is 10.3. The molecule has 3 aromatic rings. The van der Waals surface area contributed by atoms with Gasteiger partial charge in [0.15, 0.2) is 0 Å². The summed E-state index contributed by atoms with van der Waals surface area (Å²) in [6.45, 7) is 3.80. The topological polar surface area (TPSA) is 76.7 Å². The fraction of sp³-hybridized carbons (Fsp3) is 0.200. The van der Waals surface area contributed by atoms with Gasteiger partial charge in [0.2, 0.25) is 0 Å². The summed E-state index contributed by atoms with van der Waals surface area (Å²) in [5.41, 5.74) is 2.18. The Morgan fingerprint density at radius 2 is 1.81 bits per heavy atom. The van der Waals surface area contributed by atoms with Crippen molar-refractivity contribution in [1.29, 1.82) is 0 Å². The molecule has 1 atom stereocenters. The van der Waals surface area contributed by atoms with Crippen LogP contribution in [-0.2, 0) is 16.1 Å². The number of benzene rings is 3. The zero-order valence-corrected chi connectivity index (χ0v) is 17.8. The second kappa shape index (κ2) is 9.09. The van der Waals surface area contributed by atoms with Crippen molar-refractivity contribution >= 4 is 22.8 Å². The highest BCUT2D eigenvalue weighted by molar-refractivity contribution is 5.98. The van der Waals surface area contributed by atoms with Crippen LogP contribution in [0.2, 0.25) is 0 Å². The van der Waals surface area contributed by atoms with Crippen LogP contribution in [0.3, 0.4) is 0 Å². The molecule has 6 nitrogen and oxygen atoms in total. The molecule has 4 rings (SSSR count). The van der Waals surface area contributed by atoms with E-state index in [0.717, 1.165) is 16.3 Å². The number of allylic oxidation sites excluding steroid dienone is 1. The first kappa shape index (κ1) is 21.4. The third-order valence-electron chi connectivity index (χ3n) is 5.29. The SMILES string of the molecule is CCOC(=O)C1=C(C)NC(=O)NC1c1c(OCc2ccc(F)cc2)ccc2ccccc12. The molecular weight excluding hydrogens is 411 g/mol. The summed E-state index contributed by atoms with van der Waals surface area (Å²) in [7, 11) is 0. The first-order valence-corrected chi connectivity index (χ1v) is 10.3. The van der Waals surface area contributed by atoms with Gasteiger partial charge in [-0.2, -0.15) is 0 Å². The number of amides is 2. The van der Waals surface area contributed by atoms with Gasteiger partial charge >= 0.3 is 12.0 Å². The molecule has 1 aliphatic heterocycles. The Bertz CT molecular complexity index is 1200. The third kappa shape index (κ3) is 4.27. The van der Waals surface area contributed by atoms with Crippen molar-refractivity contribution in [2.24, 2.45) is 0 Å². The van der Waals surface area contributed by atoms with E-state index < -0.39 is 18.0 Å². The average molecular weight is 434 g/mol. The lowest BCUT2D eigenvalue weighted by atomic mass is 9.90. The second-order valence-electron chi connectivity index (χ2n) is 7.40. The van der Waals surface area contributed by atoms with Crippen LogP contribution in [0.4, 0.5) is 9.18 Å². The highest BCUT2D eigenvalue weighted by Gasteiger charge is 2.35. The highest BCUT2D eigenvalue weighted by atomic mass is 19.1. The number of esters is 1. The molecule has 1 heterocycles. The number of nitrogens with one attached hydrogen (secondary N) is 2. The van der Waals surface area contributed by atoms with Crippen LogP contribution >= 0.6 is 0 Å². The van der Waals surface area contributed by atoms with Crippen molar-refractivity contribution in [2.45, 2.75) is 26.5 Å². The van der Waals surface area contributed by atoms with E-state index in [4.69, 9.17) is 9.47 Å². The van der Waals surface area contributed by atoms with Crippen LogP contribution in [-0.4, -0.2) is 18.6 Å². The van der Waals surface area contributed by atoms with Gasteiger partial charge in [-0.05, 0) is 48.4 Å². The standard InChI is InChI=1S/C25H23FN2O4/c1-3-31-24(29)21-15(2)27-25(30)28-23(21)22-19-7-5-4-6-17(19)10-13-20(22)32-14-16-8-11-18(26)12-9-16/h4-13,23H,3,14H2,1-2H3,(H2,27,28,30). The van der Waals surface area contributed by atoms with Crippen LogP contribution in [0.15, 0.2) is 71.9 Å². The maximum Gasteiger partial charge on any atom is 0.338 e. The Morgan fingerprint density at radius 1 is 1.06 bits per heavy atom. The maximum atomic E-state index is 13.3. The van der Waals surface area contributed by atoms with Gasteiger partial charge in [0.25, 0.3) is 0 Å². The van der Waals surface area contributed by atoms with Crippen molar-refractivity contribution in [2.75, 3.05) is 6.61 Å². The molecule has 0 bridgehead atoms. The fourth-order valence-corrected chi connectivity index (χ4v) is 3.83. The number of hydrogen-bond acceptors (Lipinski definition) is 4. The van der Waals surface area contributed by atoms with E-state index in [2.05, 4.69) is 10.6 Å². The minimum absolute atomic E-state index is 0.196. The molecule has 3 aromatic carbocycles. The zero-order valence-electron chi connectivity index (χ0n) is 17.8. The van der Waals surface area contributed by atoms with Crippen LogP contribution < -0.4 is 15.4 Å². The molecule has 0 radical (unpaired) electrons. The van der Waals surface area contributed by atoms with Crippen molar-refractivity contribution in [3.8, 4) is 5.75 Å². The summed E-state index contributed by atoms with van der Waals surface area (Å²) in [6, 6.07) is 16.3. The Balaban J connectivity index is 1.82. The zero-order chi connectivity index (χ0) is 22.7. The Morgan fingerprint density at radius 3 is 2.56 bits per heavy atom. The minimum atomic E-state index is -0.767. The average Bonchev–Trinajstić information content (AvgIpc) is 2.78. The van der Waals surface area contributed by atoms with Crippen molar-refractivity contribution < 1.29 is 23.5 Å². The van der Waals surface area contributed by atoms with E-state index in [-0.39, 0.29) is 19.0 Å². The predicted octanol–water partition coefficient (Wildman–Crippen LogP) is 4.75. The molecule has 0 saturated carbocycles. The monoisotopic (exact) mass is 434 g/mol. The number of hydrogen-bond donors (Lipinski definition) is 2. The van der Waals surface area contributed by atoms with Crippen LogP contribution in [0, 0.1) is 5.82 Å². The van der Waals surface area contributed by atoms with Gasteiger partial charge in [-0.25, -0.2) is 14.0 Å². The van der Waals surface area contributed by atoms with Crippen molar-refractivity contribution in [3.63, 3.8) is 0 Å². The summed E-state index contributed by atoms with van der Waals surface area (Å²) < 4.78 is 24.6. The molecule has 2 N–H and O–H groups in total. The lowest BCUT2D eigenvalue weighted by Gasteiger charge is -2.30. The van der Waals surface area contributed by atoms with Gasteiger partial charge in [-0.3, -0.25) is 0 Å². The molecule has 7 heteroatoms. The summed E-state index contributed by atoms with van der Waals surface area (Å²) in [6.07, 6.45) is 0. The number of ether oxygens (including phenoxy) is 2. The normalized spacial score (nSPS) is 15.8. The molecule has 0 aliphatic carbocycles. The van der Waals surface area contributed by atoms with E-state index in [1.165, 1.54) is 12.1 Å². The van der Waals surface area contributed by atoms with Gasteiger partial charge in [0.05, 0.1) is 18.2 Å². The van der Waals surface area contributed by atoms with Gasteiger partial charge in [0.1, 0.15) is 18.2 Å². The molecule has 0 aromatic heterocycles. The van der Waals surface area contributed by atoms with Gasteiger partial charge in [-0.1, -0.05) is 42.5 Å². The van der Waals surface area contributed by atoms with Gasteiger partial charge < -0.3 is 20.1 Å². The van der Waals surface area contributed by atoms with E-state index in [1.54, 1.807) is 26.0 Å². The van der Waals surface area contributed by atoms with E-state index in [9.17, 15) is 14.0 Å². The maximum absolute atomic E-state index is 13.3. The molecule has 2 amide bonds. The fourth-order valence-electron chi connectivity index (χ4n) is 3.83. The molecule has 164 valence electrons. The predicted molar refractivity (Wildman–Crippen MR) is 118 cm³/mol. The quantitative estimate of drug-likeness (QED) is 0.549. The van der Waals surface area contributed by atoms with Crippen LogP contribution in [0.5, 0.6) is 5.75 Å². The first-order chi connectivity index (χ1) is 15.5. The molecule has 1 aliphatic rings. The Hall–Kier alpha value is -3.87. The molecule has 1 unspecified atom stereocenters. The Kier molecular flexibility index (Phi) is 6.07. The van der Waals surface area contributed by atoms with E-state index >= 15 is 0 Å². The second-order valence-corrected chi connectivity index (χ2v) is 7.40. The highest BCUT2D eigenvalue weighted by Crippen LogP contribution is 2.39. The molecule has 0 fully saturated rings. The summed E-state index contributed by atoms with van der Waals surface area (Å²) in [5, 5.41) is 7.28. The van der Waals surface area contributed by atoms with Crippen molar-refractivity contribution in [3.05, 3.63) is 88.9 Å². The summed E-state index contributed by atoms with van der Waals surface area (Å²) >= 11 is 0.